The molecule has 3 nitrogen and oxygen atoms in total. The highest BCUT2D eigenvalue weighted by Gasteiger charge is 2.52. The maximum absolute atomic E-state index is 6.21. The number of hydrogen-bond donors (Lipinski definition) is 0. The molecule has 0 bridgehead atoms. The molecule has 0 saturated carbocycles. The third-order valence-electron chi connectivity index (χ3n) is 3.59. The summed E-state index contributed by atoms with van der Waals surface area (Å²) in [4.78, 5) is 0. The highest BCUT2D eigenvalue weighted by molar-refractivity contribution is 4.94. The lowest BCUT2D eigenvalue weighted by Crippen LogP contribution is -2.34. The summed E-state index contributed by atoms with van der Waals surface area (Å²) in [6, 6.07) is 0. The van der Waals surface area contributed by atoms with Gasteiger partial charge in [0.05, 0.1) is 12.7 Å². The summed E-state index contributed by atoms with van der Waals surface area (Å²) in [5.74, 6) is -0.309. The van der Waals surface area contributed by atoms with Crippen molar-refractivity contribution in [3.63, 3.8) is 0 Å². The van der Waals surface area contributed by atoms with Gasteiger partial charge in [-0.1, -0.05) is 33.6 Å². The first-order chi connectivity index (χ1) is 7.74. The minimum absolute atomic E-state index is 0.169. The Hall–Kier alpha value is -0.120. The minimum Gasteiger partial charge on any atom is -0.373 e. The van der Waals surface area contributed by atoms with Gasteiger partial charge in [0, 0.05) is 12.8 Å². The topological polar surface area (TPSA) is 27.7 Å². The average molecular weight is 228 g/mol. The van der Waals surface area contributed by atoms with Crippen molar-refractivity contribution in [2.24, 2.45) is 0 Å². The second kappa shape index (κ2) is 5.03. The van der Waals surface area contributed by atoms with Crippen LogP contribution in [0.5, 0.6) is 0 Å². The summed E-state index contributed by atoms with van der Waals surface area (Å²) in [7, 11) is 0. The molecular formula is C13H24O3. The van der Waals surface area contributed by atoms with Gasteiger partial charge in [0.25, 0.3) is 0 Å². The number of fused-ring (bicyclic) bond motifs is 1. The molecule has 0 radical (unpaired) electrons. The van der Waals surface area contributed by atoms with Crippen molar-refractivity contribution in [1.82, 2.24) is 0 Å². The van der Waals surface area contributed by atoms with Crippen molar-refractivity contribution in [3.8, 4) is 0 Å². The zero-order valence-corrected chi connectivity index (χ0v) is 10.7. The second-order valence-electron chi connectivity index (χ2n) is 4.93. The molecule has 3 unspecified atom stereocenters. The molecular weight excluding hydrogens is 204 g/mol. The summed E-state index contributed by atoms with van der Waals surface area (Å²) in [6.07, 6.45) is 5.81. The Kier molecular flexibility index (Phi) is 3.88. The van der Waals surface area contributed by atoms with Gasteiger partial charge in [0.15, 0.2) is 5.79 Å². The number of rotatable bonds is 5. The van der Waals surface area contributed by atoms with E-state index >= 15 is 0 Å². The Bertz CT molecular complexity index is 223. The Labute approximate surface area is 98.4 Å². The fourth-order valence-corrected chi connectivity index (χ4v) is 2.92. The van der Waals surface area contributed by atoms with Gasteiger partial charge in [-0.3, -0.25) is 0 Å². The molecule has 2 aliphatic heterocycles. The molecule has 3 atom stereocenters. The molecule has 2 fully saturated rings. The zero-order chi connectivity index (χ0) is 11.6. The first-order valence-corrected chi connectivity index (χ1v) is 6.72. The summed E-state index contributed by atoms with van der Waals surface area (Å²) in [6.45, 7) is 7.23. The monoisotopic (exact) mass is 228 g/mol. The average Bonchev–Trinajstić information content (AvgIpc) is 2.76. The van der Waals surface area contributed by atoms with Gasteiger partial charge < -0.3 is 14.2 Å². The lowest BCUT2D eigenvalue weighted by molar-refractivity contribution is -0.207. The van der Waals surface area contributed by atoms with E-state index in [1.54, 1.807) is 0 Å². The van der Waals surface area contributed by atoms with Crippen LogP contribution in [-0.2, 0) is 14.2 Å². The van der Waals surface area contributed by atoms with E-state index in [2.05, 4.69) is 20.8 Å². The van der Waals surface area contributed by atoms with Crippen LogP contribution in [0.1, 0.15) is 52.9 Å². The first kappa shape index (κ1) is 12.3. The van der Waals surface area contributed by atoms with Crippen molar-refractivity contribution in [1.29, 1.82) is 0 Å². The molecule has 94 valence electrons. The summed E-state index contributed by atoms with van der Waals surface area (Å²) in [5, 5.41) is 0. The quantitative estimate of drug-likeness (QED) is 0.724. The zero-order valence-electron chi connectivity index (χ0n) is 10.7. The fourth-order valence-electron chi connectivity index (χ4n) is 2.92. The summed E-state index contributed by atoms with van der Waals surface area (Å²) >= 11 is 0. The maximum atomic E-state index is 6.21. The van der Waals surface area contributed by atoms with Gasteiger partial charge >= 0.3 is 0 Å². The SMILES string of the molecule is CCCC1(CCC)OC2COC(CC)C2O1. The van der Waals surface area contributed by atoms with Crippen LogP contribution in [0.4, 0.5) is 0 Å². The molecule has 2 saturated heterocycles. The van der Waals surface area contributed by atoms with Crippen LogP contribution in [0.2, 0.25) is 0 Å². The number of ether oxygens (including phenoxy) is 3. The van der Waals surface area contributed by atoms with Gasteiger partial charge in [-0.05, 0) is 6.42 Å². The van der Waals surface area contributed by atoms with E-state index in [9.17, 15) is 0 Å². The third kappa shape index (κ3) is 2.13. The van der Waals surface area contributed by atoms with E-state index in [-0.39, 0.29) is 24.1 Å². The molecule has 0 aromatic carbocycles. The van der Waals surface area contributed by atoms with Gasteiger partial charge in [0.1, 0.15) is 12.2 Å². The van der Waals surface area contributed by atoms with Crippen LogP contribution in [0.3, 0.4) is 0 Å². The molecule has 2 aliphatic rings. The number of hydrogen-bond acceptors (Lipinski definition) is 3. The van der Waals surface area contributed by atoms with Crippen LogP contribution in [0.25, 0.3) is 0 Å². The van der Waals surface area contributed by atoms with Crippen molar-refractivity contribution in [3.05, 3.63) is 0 Å². The smallest absolute Gasteiger partial charge is 0.169 e. The van der Waals surface area contributed by atoms with Crippen molar-refractivity contribution in [2.45, 2.75) is 77.0 Å². The lowest BCUT2D eigenvalue weighted by atomic mass is 10.1. The van der Waals surface area contributed by atoms with E-state index in [4.69, 9.17) is 14.2 Å². The molecule has 0 amide bonds. The van der Waals surface area contributed by atoms with Crippen molar-refractivity contribution >= 4 is 0 Å². The Morgan fingerprint density at radius 2 is 1.75 bits per heavy atom. The highest BCUT2D eigenvalue weighted by Crippen LogP contribution is 2.41. The van der Waals surface area contributed by atoms with Crippen molar-refractivity contribution < 1.29 is 14.2 Å². The Balaban J connectivity index is 2.03. The Morgan fingerprint density at radius 3 is 2.31 bits per heavy atom. The van der Waals surface area contributed by atoms with Gasteiger partial charge in [-0.2, -0.15) is 0 Å². The van der Waals surface area contributed by atoms with E-state index in [1.165, 1.54) is 0 Å². The minimum atomic E-state index is -0.309. The normalized spacial score (nSPS) is 36.6. The van der Waals surface area contributed by atoms with Crippen LogP contribution in [0, 0.1) is 0 Å². The lowest BCUT2D eigenvalue weighted by Gasteiger charge is -2.29. The van der Waals surface area contributed by atoms with Crippen LogP contribution in [-0.4, -0.2) is 30.7 Å². The molecule has 0 spiro atoms. The first-order valence-electron chi connectivity index (χ1n) is 6.72. The van der Waals surface area contributed by atoms with Crippen LogP contribution >= 0.6 is 0 Å². The molecule has 3 heteroatoms. The second-order valence-corrected chi connectivity index (χ2v) is 4.93. The predicted molar refractivity (Wildman–Crippen MR) is 62.3 cm³/mol. The van der Waals surface area contributed by atoms with E-state index in [0.717, 1.165) is 32.1 Å². The molecule has 0 aromatic rings. The summed E-state index contributed by atoms with van der Waals surface area (Å²) in [5.41, 5.74) is 0. The molecule has 0 N–H and O–H groups in total. The van der Waals surface area contributed by atoms with Crippen LogP contribution < -0.4 is 0 Å². The van der Waals surface area contributed by atoms with E-state index < -0.39 is 0 Å². The third-order valence-corrected chi connectivity index (χ3v) is 3.59. The van der Waals surface area contributed by atoms with E-state index in [0.29, 0.717) is 6.61 Å². The van der Waals surface area contributed by atoms with Crippen LogP contribution in [0.15, 0.2) is 0 Å². The van der Waals surface area contributed by atoms with Gasteiger partial charge in [-0.15, -0.1) is 0 Å². The molecule has 0 aliphatic carbocycles. The summed E-state index contributed by atoms with van der Waals surface area (Å²) < 4.78 is 18.0. The molecule has 2 heterocycles. The maximum Gasteiger partial charge on any atom is 0.169 e. The standard InChI is InChI=1S/C13H24O3/c1-4-7-13(8-5-2)15-11-9-14-10(6-3)12(11)16-13/h10-12H,4-9H2,1-3H3. The van der Waals surface area contributed by atoms with Gasteiger partial charge in [0.2, 0.25) is 0 Å². The molecule has 0 aromatic heterocycles. The molecule has 16 heavy (non-hydrogen) atoms. The highest BCUT2D eigenvalue weighted by atomic mass is 16.8. The largest absolute Gasteiger partial charge is 0.373 e. The molecule has 2 rings (SSSR count). The van der Waals surface area contributed by atoms with Crippen molar-refractivity contribution in [2.75, 3.05) is 6.61 Å². The predicted octanol–water partition coefficient (Wildman–Crippen LogP) is 2.88. The van der Waals surface area contributed by atoms with E-state index in [1.807, 2.05) is 0 Å². The fraction of sp³-hybridized carbons (Fsp3) is 1.00. The Morgan fingerprint density at radius 1 is 1.06 bits per heavy atom. The van der Waals surface area contributed by atoms with Gasteiger partial charge in [-0.25, -0.2) is 0 Å².